The first-order valence-electron chi connectivity index (χ1n) is 9.19. The number of carbonyl (C=O) groups excluding carboxylic acids is 2. The van der Waals surface area contributed by atoms with Crippen LogP contribution >= 0.6 is 11.3 Å². The molecule has 1 fully saturated rings. The van der Waals surface area contributed by atoms with Crippen molar-refractivity contribution in [1.82, 2.24) is 15.2 Å². The van der Waals surface area contributed by atoms with E-state index in [-0.39, 0.29) is 11.8 Å². The van der Waals surface area contributed by atoms with Crippen molar-refractivity contribution in [3.8, 4) is 0 Å². The molecule has 0 radical (unpaired) electrons. The molecule has 7 heteroatoms. The Labute approximate surface area is 158 Å². The maximum absolute atomic E-state index is 12.2. The van der Waals surface area contributed by atoms with Crippen LogP contribution in [0.1, 0.15) is 38.7 Å². The fourth-order valence-electron chi connectivity index (χ4n) is 3.36. The van der Waals surface area contributed by atoms with Crippen molar-refractivity contribution in [3.05, 3.63) is 23.8 Å². The standard InChI is InChI=1S/C19H26N4O2S/c1-13-5-3-4-9-23(13)10-8-20-18(25)12-15-6-7-16-17(11-15)26-19(22-16)21-14(2)24/h6-7,11,13H,3-5,8-10,12H2,1-2H3,(H,20,25)(H,21,22,24)/t13-/m1/s1. The predicted octanol–water partition coefficient (Wildman–Crippen LogP) is 2.79. The lowest BCUT2D eigenvalue weighted by Gasteiger charge is -2.33. The fourth-order valence-corrected chi connectivity index (χ4v) is 4.34. The molecule has 0 spiro atoms. The molecule has 0 unspecified atom stereocenters. The Hall–Kier alpha value is -1.99. The molecule has 2 amide bonds. The number of hydrogen-bond acceptors (Lipinski definition) is 5. The Morgan fingerprint density at radius 2 is 2.19 bits per heavy atom. The molecule has 1 aliphatic heterocycles. The van der Waals surface area contributed by atoms with E-state index < -0.39 is 0 Å². The van der Waals surface area contributed by atoms with Crippen molar-refractivity contribution in [1.29, 1.82) is 0 Å². The highest BCUT2D eigenvalue weighted by Gasteiger charge is 2.17. The molecule has 2 heterocycles. The van der Waals surface area contributed by atoms with Gasteiger partial charge >= 0.3 is 0 Å². The zero-order chi connectivity index (χ0) is 18.5. The van der Waals surface area contributed by atoms with Gasteiger partial charge < -0.3 is 10.6 Å². The number of likely N-dealkylation sites (tertiary alicyclic amines) is 1. The molecule has 1 aromatic heterocycles. The molecule has 1 aliphatic rings. The first-order valence-corrected chi connectivity index (χ1v) is 10.0. The lowest BCUT2D eigenvalue weighted by molar-refractivity contribution is -0.120. The number of aromatic nitrogens is 1. The van der Waals surface area contributed by atoms with Crippen LogP contribution in [-0.4, -0.2) is 47.4 Å². The summed E-state index contributed by atoms with van der Waals surface area (Å²) in [5.41, 5.74) is 1.79. The first-order chi connectivity index (χ1) is 12.5. The predicted molar refractivity (Wildman–Crippen MR) is 106 cm³/mol. The minimum absolute atomic E-state index is 0.0422. The number of anilines is 1. The van der Waals surface area contributed by atoms with Gasteiger partial charge in [-0.05, 0) is 44.0 Å². The van der Waals surface area contributed by atoms with Crippen molar-refractivity contribution in [2.75, 3.05) is 25.0 Å². The zero-order valence-electron chi connectivity index (χ0n) is 15.4. The van der Waals surface area contributed by atoms with Gasteiger partial charge in [0.05, 0.1) is 16.6 Å². The normalized spacial score (nSPS) is 18.0. The Morgan fingerprint density at radius 3 is 2.96 bits per heavy atom. The fraction of sp³-hybridized carbons (Fsp3) is 0.526. The quantitative estimate of drug-likeness (QED) is 0.815. The van der Waals surface area contributed by atoms with Crippen LogP contribution < -0.4 is 10.6 Å². The highest BCUT2D eigenvalue weighted by Crippen LogP contribution is 2.27. The van der Waals surface area contributed by atoms with Gasteiger partial charge in [-0.1, -0.05) is 23.8 Å². The largest absolute Gasteiger partial charge is 0.355 e. The van der Waals surface area contributed by atoms with Crippen molar-refractivity contribution in [3.63, 3.8) is 0 Å². The summed E-state index contributed by atoms with van der Waals surface area (Å²) < 4.78 is 0.973. The topological polar surface area (TPSA) is 74.3 Å². The molecule has 0 saturated carbocycles. The molecule has 6 nitrogen and oxygen atoms in total. The molecule has 0 bridgehead atoms. The van der Waals surface area contributed by atoms with Crippen LogP contribution in [0.2, 0.25) is 0 Å². The van der Waals surface area contributed by atoms with Crippen LogP contribution in [0.5, 0.6) is 0 Å². The van der Waals surface area contributed by atoms with Gasteiger partial charge in [-0.25, -0.2) is 4.98 Å². The van der Waals surface area contributed by atoms with Crippen LogP contribution in [0.3, 0.4) is 0 Å². The maximum atomic E-state index is 12.2. The third-order valence-electron chi connectivity index (χ3n) is 4.76. The number of rotatable bonds is 6. The second kappa shape index (κ2) is 8.60. The van der Waals surface area contributed by atoms with Crippen LogP contribution in [0.15, 0.2) is 18.2 Å². The molecule has 2 N–H and O–H groups in total. The summed E-state index contributed by atoms with van der Waals surface area (Å²) in [5.74, 6) is -0.0905. The van der Waals surface area contributed by atoms with E-state index >= 15 is 0 Å². The van der Waals surface area contributed by atoms with E-state index in [4.69, 9.17) is 0 Å². The van der Waals surface area contributed by atoms with Gasteiger partial charge in [-0.2, -0.15) is 0 Å². The number of hydrogen-bond donors (Lipinski definition) is 2. The molecule has 2 aromatic rings. The maximum Gasteiger partial charge on any atom is 0.224 e. The highest BCUT2D eigenvalue weighted by atomic mass is 32.1. The van der Waals surface area contributed by atoms with E-state index in [1.165, 1.54) is 37.5 Å². The average molecular weight is 375 g/mol. The van der Waals surface area contributed by atoms with E-state index in [0.717, 1.165) is 28.9 Å². The molecule has 1 atom stereocenters. The number of benzene rings is 1. The third-order valence-corrected chi connectivity index (χ3v) is 5.70. The summed E-state index contributed by atoms with van der Waals surface area (Å²) in [5, 5.41) is 6.32. The van der Waals surface area contributed by atoms with Gasteiger partial charge in [0.25, 0.3) is 0 Å². The lowest BCUT2D eigenvalue weighted by atomic mass is 10.0. The highest BCUT2D eigenvalue weighted by molar-refractivity contribution is 7.22. The van der Waals surface area contributed by atoms with Crippen LogP contribution in [-0.2, 0) is 16.0 Å². The van der Waals surface area contributed by atoms with Gasteiger partial charge in [0.2, 0.25) is 11.8 Å². The molecule has 26 heavy (non-hydrogen) atoms. The number of nitrogens with zero attached hydrogens (tertiary/aromatic N) is 2. The molecular weight excluding hydrogens is 348 g/mol. The Morgan fingerprint density at radius 1 is 1.35 bits per heavy atom. The van der Waals surface area contributed by atoms with Gasteiger partial charge in [0.15, 0.2) is 5.13 Å². The molecule has 140 valence electrons. The minimum Gasteiger partial charge on any atom is -0.355 e. The zero-order valence-corrected chi connectivity index (χ0v) is 16.2. The van der Waals surface area contributed by atoms with Crippen LogP contribution in [0.4, 0.5) is 5.13 Å². The molecule has 1 saturated heterocycles. The van der Waals surface area contributed by atoms with Crippen molar-refractivity contribution in [2.45, 2.75) is 45.6 Å². The van der Waals surface area contributed by atoms with Crippen molar-refractivity contribution < 1.29 is 9.59 Å². The van der Waals surface area contributed by atoms with E-state index in [9.17, 15) is 9.59 Å². The van der Waals surface area contributed by atoms with Gasteiger partial charge in [-0.15, -0.1) is 0 Å². The summed E-state index contributed by atoms with van der Waals surface area (Å²) in [4.78, 5) is 30.2. The number of fused-ring (bicyclic) bond motifs is 1. The Kier molecular flexibility index (Phi) is 6.21. The molecular formula is C19H26N4O2S. The monoisotopic (exact) mass is 374 g/mol. The number of carbonyl (C=O) groups is 2. The third kappa shape index (κ3) is 5.02. The van der Waals surface area contributed by atoms with E-state index in [2.05, 4.69) is 27.4 Å². The average Bonchev–Trinajstić information content (AvgIpc) is 2.97. The SMILES string of the molecule is CC(=O)Nc1nc2ccc(CC(=O)NCCN3CCCC[C@H]3C)cc2s1. The number of amides is 2. The van der Waals surface area contributed by atoms with Gasteiger partial charge in [0, 0.05) is 26.1 Å². The first kappa shape index (κ1) is 18.8. The van der Waals surface area contributed by atoms with Gasteiger partial charge in [-0.3, -0.25) is 14.5 Å². The van der Waals surface area contributed by atoms with Gasteiger partial charge in [0.1, 0.15) is 0 Å². The number of thiazole rings is 1. The lowest BCUT2D eigenvalue weighted by Crippen LogP contribution is -2.42. The Balaban J connectivity index is 1.51. The van der Waals surface area contributed by atoms with Crippen LogP contribution in [0, 0.1) is 0 Å². The summed E-state index contributed by atoms with van der Waals surface area (Å²) in [6.45, 7) is 6.47. The second-order valence-corrected chi connectivity index (χ2v) is 7.94. The van der Waals surface area contributed by atoms with Crippen molar-refractivity contribution >= 4 is 38.5 Å². The summed E-state index contributed by atoms with van der Waals surface area (Å²) in [6, 6.07) is 6.42. The number of nitrogens with one attached hydrogen (secondary N) is 2. The minimum atomic E-state index is -0.133. The Bertz CT molecular complexity index is 789. The smallest absolute Gasteiger partial charge is 0.224 e. The van der Waals surface area contributed by atoms with E-state index in [0.29, 0.717) is 24.1 Å². The summed E-state index contributed by atoms with van der Waals surface area (Å²) >= 11 is 1.42. The number of piperidine rings is 1. The second-order valence-electron chi connectivity index (χ2n) is 6.91. The van der Waals surface area contributed by atoms with Crippen LogP contribution in [0.25, 0.3) is 10.2 Å². The van der Waals surface area contributed by atoms with E-state index in [1.54, 1.807) is 0 Å². The molecule has 1 aromatic carbocycles. The molecule has 3 rings (SSSR count). The summed E-state index contributed by atoms with van der Waals surface area (Å²) in [6.07, 6.45) is 4.18. The van der Waals surface area contributed by atoms with E-state index in [1.807, 2.05) is 18.2 Å². The summed E-state index contributed by atoms with van der Waals surface area (Å²) in [7, 11) is 0. The van der Waals surface area contributed by atoms with Crippen molar-refractivity contribution in [2.24, 2.45) is 0 Å². The molecule has 0 aliphatic carbocycles.